The minimum absolute atomic E-state index is 0.0928. The summed E-state index contributed by atoms with van der Waals surface area (Å²) in [6.07, 6.45) is 0.311. The second kappa shape index (κ2) is 9.12. The predicted octanol–water partition coefficient (Wildman–Crippen LogP) is 4.47. The van der Waals surface area contributed by atoms with Gasteiger partial charge in [0.2, 0.25) is 5.91 Å². The SMILES string of the molecule is CCOC(=O)/C(C#N)=C1\S[C@H](Cc2ccccc2Cl)C(=O)N1c1ccc(F)cc1. The smallest absolute Gasteiger partial charge is 0.351 e. The van der Waals surface area contributed by atoms with Crippen LogP contribution in [0.4, 0.5) is 10.1 Å². The zero-order chi connectivity index (χ0) is 21.0. The molecule has 1 atom stereocenters. The first-order valence-corrected chi connectivity index (χ1v) is 10.0. The van der Waals surface area contributed by atoms with Crippen molar-refractivity contribution in [3.63, 3.8) is 0 Å². The largest absolute Gasteiger partial charge is 0.462 e. The maximum Gasteiger partial charge on any atom is 0.351 e. The number of anilines is 1. The molecule has 3 rings (SSSR count). The Balaban J connectivity index is 2.05. The molecule has 1 amide bonds. The van der Waals surface area contributed by atoms with Gasteiger partial charge in [-0.05, 0) is 49.2 Å². The fourth-order valence-electron chi connectivity index (χ4n) is 2.86. The van der Waals surface area contributed by atoms with E-state index < -0.39 is 17.0 Å². The second-order valence-corrected chi connectivity index (χ2v) is 7.66. The van der Waals surface area contributed by atoms with Crippen molar-refractivity contribution in [2.24, 2.45) is 0 Å². The van der Waals surface area contributed by atoms with Gasteiger partial charge in [-0.15, -0.1) is 0 Å². The van der Waals surface area contributed by atoms with Crippen LogP contribution in [0, 0.1) is 17.1 Å². The molecule has 8 heteroatoms. The van der Waals surface area contributed by atoms with E-state index >= 15 is 0 Å². The molecule has 1 aliphatic heterocycles. The van der Waals surface area contributed by atoms with Crippen molar-refractivity contribution in [2.45, 2.75) is 18.6 Å². The van der Waals surface area contributed by atoms with Crippen LogP contribution in [0.1, 0.15) is 12.5 Å². The number of halogens is 2. The fourth-order valence-corrected chi connectivity index (χ4v) is 4.36. The van der Waals surface area contributed by atoms with Gasteiger partial charge in [0.05, 0.1) is 11.9 Å². The molecule has 1 aliphatic rings. The number of amides is 1. The Kier molecular flexibility index (Phi) is 6.57. The Bertz CT molecular complexity index is 1020. The number of rotatable bonds is 5. The Morgan fingerprint density at radius 1 is 1.28 bits per heavy atom. The fraction of sp³-hybridized carbons (Fsp3) is 0.190. The maximum absolute atomic E-state index is 13.4. The molecular formula is C21H16ClFN2O3S. The molecule has 0 saturated carbocycles. The van der Waals surface area contributed by atoms with Crippen LogP contribution in [0.3, 0.4) is 0 Å². The summed E-state index contributed by atoms with van der Waals surface area (Å²) in [5.74, 6) is -1.60. The van der Waals surface area contributed by atoms with Crippen molar-refractivity contribution in [3.8, 4) is 6.07 Å². The molecule has 2 aromatic rings. The standard InChI is InChI=1S/C21H16ClFN2O3S/c1-2-28-21(27)16(12-24)20-25(15-9-7-14(23)8-10-15)19(26)18(29-20)11-13-5-3-4-6-17(13)22/h3-10,18H,2,11H2,1H3/b20-16-/t18-/m1/s1. The average Bonchev–Trinajstić information content (AvgIpc) is 3.01. The van der Waals surface area contributed by atoms with Gasteiger partial charge in [-0.3, -0.25) is 9.69 Å². The quantitative estimate of drug-likeness (QED) is 0.397. The maximum atomic E-state index is 13.4. The first-order chi connectivity index (χ1) is 14.0. The van der Waals surface area contributed by atoms with Crippen LogP contribution in [0.15, 0.2) is 59.1 Å². The molecule has 2 aromatic carbocycles. The monoisotopic (exact) mass is 430 g/mol. The first-order valence-electron chi connectivity index (χ1n) is 8.77. The van der Waals surface area contributed by atoms with Gasteiger partial charge in [-0.1, -0.05) is 41.6 Å². The van der Waals surface area contributed by atoms with Crippen molar-refractivity contribution >= 4 is 40.9 Å². The van der Waals surface area contributed by atoms with Gasteiger partial charge >= 0.3 is 5.97 Å². The van der Waals surface area contributed by atoms with Gasteiger partial charge < -0.3 is 4.74 Å². The molecule has 29 heavy (non-hydrogen) atoms. The van der Waals surface area contributed by atoms with E-state index in [1.807, 2.05) is 18.2 Å². The summed E-state index contributed by atoms with van der Waals surface area (Å²) in [5.41, 5.74) is 0.865. The molecular weight excluding hydrogens is 415 g/mol. The summed E-state index contributed by atoms with van der Waals surface area (Å²) in [6.45, 7) is 1.72. The highest BCUT2D eigenvalue weighted by Gasteiger charge is 2.41. The third kappa shape index (κ3) is 4.44. The summed E-state index contributed by atoms with van der Waals surface area (Å²) in [7, 11) is 0. The molecule has 0 radical (unpaired) electrons. The van der Waals surface area contributed by atoms with Crippen LogP contribution in [0.25, 0.3) is 0 Å². The van der Waals surface area contributed by atoms with Gasteiger partial charge in [0, 0.05) is 10.7 Å². The lowest BCUT2D eigenvalue weighted by molar-refractivity contribution is -0.138. The van der Waals surface area contributed by atoms with Crippen LogP contribution in [0.5, 0.6) is 0 Å². The lowest BCUT2D eigenvalue weighted by Crippen LogP contribution is -2.30. The second-order valence-electron chi connectivity index (χ2n) is 6.06. The third-order valence-electron chi connectivity index (χ3n) is 4.21. The van der Waals surface area contributed by atoms with Gasteiger partial charge in [-0.25, -0.2) is 9.18 Å². The Morgan fingerprint density at radius 2 is 1.97 bits per heavy atom. The van der Waals surface area contributed by atoms with E-state index in [-0.39, 0.29) is 23.1 Å². The first kappa shape index (κ1) is 20.9. The highest BCUT2D eigenvalue weighted by atomic mass is 35.5. The van der Waals surface area contributed by atoms with E-state index in [0.717, 1.165) is 17.3 Å². The number of ether oxygens (including phenoxy) is 1. The van der Waals surface area contributed by atoms with E-state index in [4.69, 9.17) is 16.3 Å². The number of hydrogen-bond acceptors (Lipinski definition) is 5. The number of hydrogen-bond donors (Lipinski definition) is 0. The highest BCUT2D eigenvalue weighted by molar-refractivity contribution is 8.05. The molecule has 0 spiro atoms. The van der Waals surface area contributed by atoms with E-state index in [9.17, 15) is 19.2 Å². The summed E-state index contributed by atoms with van der Waals surface area (Å²) < 4.78 is 18.3. The molecule has 0 aromatic heterocycles. The lowest BCUT2D eigenvalue weighted by Gasteiger charge is -2.18. The van der Waals surface area contributed by atoms with Crippen molar-refractivity contribution in [3.05, 3.63) is 75.5 Å². The normalized spacial score (nSPS) is 17.8. The van der Waals surface area contributed by atoms with Gasteiger partial charge in [0.15, 0.2) is 5.57 Å². The van der Waals surface area contributed by atoms with Crippen molar-refractivity contribution in [1.82, 2.24) is 0 Å². The number of nitrogens with zero attached hydrogens (tertiary/aromatic N) is 2. The molecule has 1 fully saturated rings. The van der Waals surface area contributed by atoms with Gasteiger partial charge in [0.1, 0.15) is 16.9 Å². The van der Waals surface area contributed by atoms with Crippen molar-refractivity contribution in [2.75, 3.05) is 11.5 Å². The van der Waals surface area contributed by atoms with Crippen LogP contribution >= 0.6 is 23.4 Å². The highest BCUT2D eigenvalue weighted by Crippen LogP contribution is 2.42. The number of carbonyl (C=O) groups excluding carboxylic acids is 2. The van der Waals surface area contributed by atoms with E-state index in [2.05, 4.69) is 0 Å². The molecule has 148 valence electrons. The molecule has 0 unspecified atom stereocenters. The third-order valence-corrected chi connectivity index (χ3v) is 5.84. The number of esters is 1. The number of benzene rings is 2. The van der Waals surface area contributed by atoms with Crippen molar-refractivity contribution in [1.29, 1.82) is 5.26 Å². The number of nitriles is 1. The van der Waals surface area contributed by atoms with E-state index in [1.165, 1.54) is 29.2 Å². The zero-order valence-corrected chi connectivity index (χ0v) is 17.0. The minimum atomic E-state index is -0.809. The van der Waals surface area contributed by atoms with Crippen molar-refractivity contribution < 1.29 is 18.7 Å². The van der Waals surface area contributed by atoms with E-state index in [0.29, 0.717) is 17.1 Å². The summed E-state index contributed by atoms with van der Waals surface area (Å²) in [4.78, 5) is 26.7. The lowest BCUT2D eigenvalue weighted by atomic mass is 10.1. The number of thioether (sulfide) groups is 1. The Morgan fingerprint density at radius 3 is 2.59 bits per heavy atom. The summed E-state index contributed by atoms with van der Waals surface area (Å²) in [5, 5.41) is 9.65. The van der Waals surface area contributed by atoms with Crippen LogP contribution in [-0.4, -0.2) is 23.7 Å². The van der Waals surface area contributed by atoms with Crippen LogP contribution in [-0.2, 0) is 20.7 Å². The Hall–Kier alpha value is -2.82. The van der Waals surface area contributed by atoms with Gasteiger partial charge in [0.25, 0.3) is 0 Å². The average molecular weight is 431 g/mol. The zero-order valence-electron chi connectivity index (χ0n) is 15.4. The minimum Gasteiger partial charge on any atom is -0.462 e. The van der Waals surface area contributed by atoms with Crippen LogP contribution < -0.4 is 4.90 Å². The molecule has 0 N–H and O–H groups in total. The summed E-state index contributed by atoms with van der Waals surface area (Å²) >= 11 is 7.32. The molecule has 0 aliphatic carbocycles. The number of carbonyl (C=O) groups is 2. The Labute approximate surface area is 176 Å². The van der Waals surface area contributed by atoms with Gasteiger partial charge in [-0.2, -0.15) is 5.26 Å². The summed E-state index contributed by atoms with van der Waals surface area (Å²) in [6, 6.07) is 14.3. The predicted molar refractivity (Wildman–Crippen MR) is 110 cm³/mol. The molecule has 1 heterocycles. The van der Waals surface area contributed by atoms with Crippen LogP contribution in [0.2, 0.25) is 5.02 Å². The molecule has 1 saturated heterocycles. The topological polar surface area (TPSA) is 70.4 Å². The molecule has 0 bridgehead atoms. The van der Waals surface area contributed by atoms with E-state index in [1.54, 1.807) is 19.1 Å². The molecule has 5 nitrogen and oxygen atoms in total.